The van der Waals surface area contributed by atoms with Gasteiger partial charge in [-0.3, -0.25) is 0 Å². The number of ether oxygens (including phenoxy) is 1. The van der Waals surface area contributed by atoms with Gasteiger partial charge >= 0.3 is 5.97 Å². The van der Waals surface area contributed by atoms with Crippen molar-refractivity contribution in [3.05, 3.63) is 23.5 Å². The van der Waals surface area contributed by atoms with Gasteiger partial charge in [-0.25, -0.2) is 4.79 Å². The molecular weight excluding hydrogens is 250 g/mol. The van der Waals surface area contributed by atoms with Crippen LogP contribution in [0.25, 0.3) is 0 Å². The number of carbonyl (C=O) groups is 2. The molecule has 0 aliphatic heterocycles. The first-order valence-electron chi connectivity index (χ1n) is 5.80. The Kier molecular flexibility index (Phi) is 7.18. The molecule has 6 heteroatoms. The fourth-order valence-electron chi connectivity index (χ4n) is 1.27. The Morgan fingerprint density at radius 1 is 1.32 bits per heavy atom. The van der Waals surface area contributed by atoms with E-state index in [1.54, 1.807) is 12.3 Å². The summed E-state index contributed by atoms with van der Waals surface area (Å²) >= 11 is 0. The Morgan fingerprint density at radius 3 is 2.26 bits per heavy atom. The molecule has 1 rings (SSSR count). The molecule has 1 aromatic rings. The molecule has 0 unspecified atom stereocenters. The minimum absolute atomic E-state index is 0.341. The first kappa shape index (κ1) is 16.9. The Bertz CT molecular complexity index is 453. The zero-order valence-electron chi connectivity index (χ0n) is 11.9. The third kappa shape index (κ3) is 6.40. The molecular formula is C13H19NO5. The van der Waals surface area contributed by atoms with Gasteiger partial charge in [0, 0.05) is 30.6 Å². The zero-order chi connectivity index (χ0) is 15.0. The molecule has 0 saturated heterocycles. The van der Waals surface area contributed by atoms with E-state index >= 15 is 0 Å². The van der Waals surface area contributed by atoms with Gasteiger partial charge in [0.2, 0.25) is 11.9 Å². The number of carbonyl (C=O) groups excluding carboxylic acids is 2. The van der Waals surface area contributed by atoms with Crippen LogP contribution in [-0.4, -0.2) is 18.5 Å². The molecule has 0 aromatic carbocycles. The van der Waals surface area contributed by atoms with Gasteiger partial charge in [-0.05, 0) is 20.8 Å². The predicted octanol–water partition coefficient (Wildman–Crippen LogP) is -0.279. The number of aliphatic carboxylic acids is 1. The van der Waals surface area contributed by atoms with Crippen LogP contribution >= 0.6 is 0 Å². The van der Waals surface area contributed by atoms with E-state index in [4.69, 9.17) is 19.5 Å². The molecule has 0 atom stereocenters. The van der Waals surface area contributed by atoms with Crippen LogP contribution in [0.3, 0.4) is 0 Å². The molecule has 0 fully saturated rings. The largest absolute Gasteiger partial charge is 0.550 e. The first-order chi connectivity index (χ1) is 8.79. The summed E-state index contributed by atoms with van der Waals surface area (Å²) in [6.07, 6.45) is 1.68. The van der Waals surface area contributed by atoms with Crippen molar-refractivity contribution in [2.75, 3.05) is 6.61 Å². The van der Waals surface area contributed by atoms with Crippen LogP contribution in [0.5, 0.6) is 5.75 Å². The zero-order valence-corrected chi connectivity index (χ0v) is 11.9. The standard InChI is InChI=1S/C11H16NO3.C2H4O2/c1-5-14-11-6-7-12(15-10(4)13)9(3)8(11)2;1-2(3)4/h6-7H,5H2,1-4H3;1H3,(H,3,4)/q+1;/p-1. The van der Waals surface area contributed by atoms with Crippen LogP contribution in [0.4, 0.5) is 0 Å². The molecule has 0 spiro atoms. The monoisotopic (exact) mass is 269 g/mol. The Labute approximate surface area is 112 Å². The van der Waals surface area contributed by atoms with Gasteiger partial charge in [0.1, 0.15) is 5.75 Å². The number of pyridine rings is 1. The van der Waals surface area contributed by atoms with E-state index in [0.717, 1.165) is 23.9 Å². The van der Waals surface area contributed by atoms with Gasteiger partial charge < -0.3 is 14.6 Å². The third-order valence-electron chi connectivity index (χ3n) is 2.13. The summed E-state index contributed by atoms with van der Waals surface area (Å²) in [6, 6.07) is 1.79. The highest BCUT2D eigenvalue weighted by molar-refractivity contribution is 5.65. The van der Waals surface area contributed by atoms with Crippen LogP contribution in [0.2, 0.25) is 0 Å². The molecule has 0 N–H and O–H groups in total. The van der Waals surface area contributed by atoms with Crippen molar-refractivity contribution in [1.82, 2.24) is 0 Å². The lowest BCUT2D eigenvalue weighted by Gasteiger charge is -2.06. The fourth-order valence-corrected chi connectivity index (χ4v) is 1.27. The van der Waals surface area contributed by atoms with Crippen LogP contribution in [0.1, 0.15) is 32.0 Å². The average Bonchev–Trinajstić information content (AvgIpc) is 2.28. The van der Waals surface area contributed by atoms with Gasteiger partial charge in [-0.1, -0.05) is 0 Å². The third-order valence-corrected chi connectivity index (χ3v) is 2.13. The van der Waals surface area contributed by atoms with Crippen LogP contribution in [0, 0.1) is 13.8 Å². The van der Waals surface area contributed by atoms with E-state index in [9.17, 15) is 4.79 Å². The van der Waals surface area contributed by atoms with E-state index < -0.39 is 5.97 Å². The second-order valence-electron chi connectivity index (χ2n) is 3.72. The molecule has 1 aromatic heterocycles. The van der Waals surface area contributed by atoms with Gasteiger partial charge in [0.25, 0.3) is 0 Å². The summed E-state index contributed by atoms with van der Waals surface area (Å²) in [6.45, 7) is 8.71. The molecule has 0 radical (unpaired) electrons. The summed E-state index contributed by atoms with van der Waals surface area (Å²) in [5.41, 5.74) is 1.83. The SMILES string of the molecule is CC(=O)[O-].CCOc1cc[n+](OC(C)=O)c(C)c1C. The van der Waals surface area contributed by atoms with Crippen molar-refractivity contribution in [2.24, 2.45) is 0 Å². The fraction of sp³-hybridized carbons (Fsp3) is 0.462. The van der Waals surface area contributed by atoms with Crippen LogP contribution in [0.15, 0.2) is 12.3 Å². The van der Waals surface area contributed by atoms with Crippen molar-refractivity contribution in [3.8, 4) is 5.75 Å². The number of hydrogen-bond acceptors (Lipinski definition) is 5. The Morgan fingerprint density at radius 2 is 1.84 bits per heavy atom. The van der Waals surface area contributed by atoms with Gasteiger partial charge in [0.15, 0.2) is 0 Å². The van der Waals surface area contributed by atoms with E-state index in [1.165, 1.54) is 11.7 Å². The summed E-state index contributed by atoms with van der Waals surface area (Å²) in [4.78, 5) is 24.7. The number of hydrogen-bond donors (Lipinski definition) is 0. The molecule has 0 amide bonds. The highest BCUT2D eigenvalue weighted by Gasteiger charge is 2.17. The predicted molar refractivity (Wildman–Crippen MR) is 65.2 cm³/mol. The molecule has 0 aliphatic rings. The molecule has 106 valence electrons. The van der Waals surface area contributed by atoms with Gasteiger partial charge in [0.05, 0.1) is 12.2 Å². The molecule has 6 nitrogen and oxygen atoms in total. The summed E-state index contributed by atoms with van der Waals surface area (Å²) in [5.74, 6) is -0.606. The molecule has 0 aliphatic carbocycles. The van der Waals surface area contributed by atoms with Crippen LogP contribution in [-0.2, 0) is 9.59 Å². The lowest BCUT2D eigenvalue weighted by molar-refractivity contribution is -0.873. The Balaban J connectivity index is 0.000000711. The molecule has 19 heavy (non-hydrogen) atoms. The van der Waals surface area contributed by atoms with E-state index in [-0.39, 0.29) is 5.97 Å². The first-order valence-corrected chi connectivity index (χ1v) is 5.80. The lowest BCUT2D eigenvalue weighted by atomic mass is 10.2. The maximum Gasteiger partial charge on any atom is 0.377 e. The number of carboxylic acid groups (broad SMARTS) is 1. The van der Waals surface area contributed by atoms with Crippen molar-refractivity contribution in [2.45, 2.75) is 34.6 Å². The summed E-state index contributed by atoms with van der Waals surface area (Å²) in [7, 11) is 0. The highest BCUT2D eigenvalue weighted by atomic mass is 16.7. The second kappa shape index (κ2) is 8.07. The van der Waals surface area contributed by atoms with Gasteiger partial charge in [-0.2, -0.15) is 4.84 Å². The number of nitrogens with zero attached hydrogens (tertiary/aromatic N) is 1. The highest BCUT2D eigenvalue weighted by Crippen LogP contribution is 2.17. The van der Waals surface area contributed by atoms with E-state index in [1.807, 2.05) is 20.8 Å². The average molecular weight is 269 g/mol. The molecule has 0 bridgehead atoms. The minimum Gasteiger partial charge on any atom is -0.550 e. The van der Waals surface area contributed by atoms with Crippen molar-refractivity contribution < 1.29 is 29.0 Å². The number of carboxylic acids is 1. The maximum atomic E-state index is 10.8. The number of aromatic nitrogens is 1. The minimum atomic E-state index is -1.08. The van der Waals surface area contributed by atoms with Crippen LogP contribution < -0.4 is 19.4 Å². The van der Waals surface area contributed by atoms with E-state index in [0.29, 0.717) is 6.61 Å². The van der Waals surface area contributed by atoms with Crippen molar-refractivity contribution in [3.63, 3.8) is 0 Å². The van der Waals surface area contributed by atoms with Crippen molar-refractivity contribution in [1.29, 1.82) is 0 Å². The summed E-state index contributed by atoms with van der Waals surface area (Å²) in [5, 5.41) is 8.89. The molecule has 0 saturated carbocycles. The van der Waals surface area contributed by atoms with Crippen molar-refractivity contribution >= 4 is 11.9 Å². The quantitative estimate of drug-likeness (QED) is 0.705. The Hall–Kier alpha value is -2.11. The molecule has 1 heterocycles. The normalized spacial score (nSPS) is 9.11. The lowest BCUT2D eigenvalue weighted by Crippen LogP contribution is -2.47. The van der Waals surface area contributed by atoms with E-state index in [2.05, 4.69) is 0 Å². The number of rotatable bonds is 3. The maximum absolute atomic E-state index is 10.8. The summed E-state index contributed by atoms with van der Waals surface area (Å²) < 4.78 is 6.87. The topological polar surface area (TPSA) is 79.5 Å². The van der Waals surface area contributed by atoms with Gasteiger partial charge in [-0.15, -0.1) is 0 Å². The second-order valence-corrected chi connectivity index (χ2v) is 3.72. The smallest absolute Gasteiger partial charge is 0.377 e.